The summed E-state index contributed by atoms with van der Waals surface area (Å²) in [7, 11) is 0. The van der Waals surface area contributed by atoms with Crippen molar-refractivity contribution in [2.24, 2.45) is 0 Å². The monoisotopic (exact) mass is 831 g/mol. The van der Waals surface area contributed by atoms with Crippen LogP contribution in [0, 0.1) is 5.82 Å². The van der Waals surface area contributed by atoms with Crippen molar-refractivity contribution in [3.63, 3.8) is 0 Å². The van der Waals surface area contributed by atoms with E-state index in [0.717, 1.165) is 4.90 Å². The van der Waals surface area contributed by atoms with Gasteiger partial charge in [-0.05, 0) is 30.7 Å². The molecule has 1 aromatic heterocycles. The molecule has 0 aliphatic carbocycles. The van der Waals surface area contributed by atoms with Crippen LogP contribution in [0.15, 0.2) is 54.9 Å². The summed E-state index contributed by atoms with van der Waals surface area (Å²) in [5.74, 6) is -1.82. The Labute approximate surface area is 343 Å². The molecule has 310 valence electrons. The Kier molecular flexibility index (Phi) is 13.3. The Morgan fingerprint density at radius 1 is 0.864 bits per heavy atom. The molecule has 7 rings (SSSR count). The summed E-state index contributed by atoms with van der Waals surface area (Å²) in [4.78, 5) is 75.4. The third kappa shape index (κ3) is 9.12. The highest BCUT2D eigenvalue weighted by Gasteiger charge is 2.45. The highest BCUT2D eigenvalue weighted by Crippen LogP contribution is 2.41. The fourth-order valence-corrected chi connectivity index (χ4v) is 7.61. The number of halogens is 2. The molecule has 4 heterocycles. The van der Waals surface area contributed by atoms with Crippen molar-refractivity contribution in [2.75, 3.05) is 89.2 Å². The second-order valence-corrected chi connectivity index (χ2v) is 14.3. The lowest BCUT2D eigenvalue weighted by Gasteiger charge is -2.35. The van der Waals surface area contributed by atoms with E-state index in [1.807, 2.05) is 4.90 Å². The number of nitrogens with zero attached hydrogens (tertiary/aromatic N) is 5. The van der Waals surface area contributed by atoms with E-state index in [1.165, 1.54) is 12.4 Å². The van der Waals surface area contributed by atoms with E-state index < -0.39 is 35.5 Å². The number of fused-ring (bicyclic) bond motifs is 2. The van der Waals surface area contributed by atoms with Gasteiger partial charge in [0.25, 0.3) is 11.8 Å². The van der Waals surface area contributed by atoms with Crippen LogP contribution in [0.4, 0.5) is 15.9 Å². The van der Waals surface area contributed by atoms with Gasteiger partial charge in [-0.25, -0.2) is 14.4 Å². The molecule has 0 bridgehead atoms. The number of para-hydroxylation sites is 1. The Bertz CT molecular complexity index is 2250. The zero-order valence-corrected chi connectivity index (χ0v) is 33.1. The molecule has 0 spiro atoms. The van der Waals surface area contributed by atoms with E-state index in [4.69, 9.17) is 30.5 Å². The highest BCUT2D eigenvalue weighted by atomic mass is 35.5. The Morgan fingerprint density at radius 3 is 2.29 bits per heavy atom. The maximum Gasteiger partial charge on any atom is 0.264 e. The standard InChI is InChI=1S/C41H43ClFN7O9/c1-25(51)48-12-14-49(15-13-48)38-28-23-29(42)34(36(43)37(28)45-24-46-38)26-5-2-3-8-32(26)59-22-21-58-20-19-57-18-17-56-16-11-44-30-7-4-6-27-35(30)41(55)50(40(27)54)31-9-10-33(52)47-39(31)53/h2-8,23-24,31,44H,9-22H2,1H3,(H,47,52,53). The van der Waals surface area contributed by atoms with Crippen molar-refractivity contribution in [1.82, 2.24) is 25.1 Å². The second-order valence-electron chi connectivity index (χ2n) is 13.9. The van der Waals surface area contributed by atoms with Gasteiger partial charge in [0.2, 0.25) is 17.7 Å². The maximum absolute atomic E-state index is 16.2. The van der Waals surface area contributed by atoms with Crippen molar-refractivity contribution in [3.8, 4) is 16.9 Å². The zero-order valence-electron chi connectivity index (χ0n) is 32.3. The van der Waals surface area contributed by atoms with Gasteiger partial charge in [-0.15, -0.1) is 0 Å². The predicted molar refractivity (Wildman–Crippen MR) is 214 cm³/mol. The predicted octanol–water partition coefficient (Wildman–Crippen LogP) is 3.70. The topological polar surface area (TPSA) is 182 Å². The average molecular weight is 832 g/mol. The molecule has 0 saturated carbocycles. The number of nitrogens with one attached hydrogen (secondary N) is 2. The quantitative estimate of drug-likeness (QED) is 0.116. The molecule has 2 saturated heterocycles. The number of aromatic nitrogens is 2. The maximum atomic E-state index is 16.2. The first-order valence-corrected chi connectivity index (χ1v) is 19.7. The minimum Gasteiger partial charge on any atom is -0.491 e. The molecule has 1 atom stereocenters. The molecule has 59 heavy (non-hydrogen) atoms. The molecule has 5 amide bonds. The molecule has 16 nitrogen and oxygen atoms in total. The van der Waals surface area contributed by atoms with E-state index in [0.29, 0.717) is 94.0 Å². The van der Waals surface area contributed by atoms with Crippen molar-refractivity contribution in [3.05, 3.63) is 76.8 Å². The molecule has 0 radical (unpaired) electrons. The highest BCUT2D eigenvalue weighted by molar-refractivity contribution is 6.34. The van der Waals surface area contributed by atoms with Crippen LogP contribution in [0.1, 0.15) is 40.5 Å². The molecule has 2 fully saturated rings. The zero-order chi connectivity index (χ0) is 41.5. The molecule has 3 aromatic carbocycles. The smallest absolute Gasteiger partial charge is 0.264 e. The molecule has 18 heteroatoms. The third-order valence-electron chi connectivity index (χ3n) is 10.2. The third-order valence-corrected chi connectivity index (χ3v) is 10.5. The van der Waals surface area contributed by atoms with E-state index in [2.05, 4.69) is 20.6 Å². The number of benzene rings is 3. The molecule has 2 N–H and O–H groups in total. The number of hydrogen-bond donors (Lipinski definition) is 2. The van der Waals surface area contributed by atoms with Gasteiger partial charge in [0, 0.05) is 68.3 Å². The first kappa shape index (κ1) is 41.4. The number of carbonyl (C=O) groups is 5. The first-order valence-electron chi connectivity index (χ1n) is 19.3. The normalized spacial score (nSPS) is 16.8. The summed E-state index contributed by atoms with van der Waals surface area (Å²) < 4.78 is 39.1. The van der Waals surface area contributed by atoms with E-state index >= 15 is 4.39 Å². The fourth-order valence-electron chi connectivity index (χ4n) is 7.32. The van der Waals surface area contributed by atoms with Gasteiger partial charge >= 0.3 is 0 Å². The Balaban J connectivity index is 0.810. The molecule has 4 aromatic rings. The second kappa shape index (κ2) is 18.9. The van der Waals surface area contributed by atoms with Crippen molar-refractivity contribution >= 4 is 63.5 Å². The minimum atomic E-state index is -1.03. The van der Waals surface area contributed by atoms with Crippen LogP contribution in [0.2, 0.25) is 5.02 Å². The largest absolute Gasteiger partial charge is 0.491 e. The van der Waals surface area contributed by atoms with Gasteiger partial charge in [-0.1, -0.05) is 35.9 Å². The lowest BCUT2D eigenvalue weighted by atomic mass is 10.0. The number of rotatable bonds is 17. The summed E-state index contributed by atoms with van der Waals surface area (Å²) in [5, 5.41) is 6.00. The Morgan fingerprint density at radius 2 is 1.56 bits per heavy atom. The van der Waals surface area contributed by atoms with Gasteiger partial charge in [-0.3, -0.25) is 34.2 Å². The van der Waals surface area contributed by atoms with Crippen LogP contribution in [-0.4, -0.2) is 134 Å². The van der Waals surface area contributed by atoms with E-state index in [9.17, 15) is 24.0 Å². The van der Waals surface area contributed by atoms with Crippen LogP contribution < -0.4 is 20.3 Å². The van der Waals surface area contributed by atoms with Crippen molar-refractivity contribution in [2.45, 2.75) is 25.8 Å². The van der Waals surface area contributed by atoms with Gasteiger partial charge in [-0.2, -0.15) is 0 Å². The van der Waals surface area contributed by atoms with Crippen LogP contribution in [0.5, 0.6) is 5.75 Å². The van der Waals surface area contributed by atoms with Crippen molar-refractivity contribution < 1.29 is 47.3 Å². The summed E-state index contributed by atoms with van der Waals surface area (Å²) in [6.07, 6.45) is 1.47. The lowest BCUT2D eigenvalue weighted by molar-refractivity contribution is -0.136. The number of imide groups is 2. The van der Waals surface area contributed by atoms with Crippen LogP contribution in [0.3, 0.4) is 0 Å². The van der Waals surface area contributed by atoms with Crippen LogP contribution >= 0.6 is 11.6 Å². The summed E-state index contributed by atoms with van der Waals surface area (Å²) in [6.45, 7) is 6.09. The van der Waals surface area contributed by atoms with Gasteiger partial charge in [0.15, 0.2) is 5.82 Å². The molecule has 3 aliphatic heterocycles. The summed E-state index contributed by atoms with van der Waals surface area (Å²) >= 11 is 6.74. The van der Waals surface area contributed by atoms with Crippen LogP contribution in [-0.2, 0) is 28.6 Å². The Hall–Kier alpha value is -5.75. The number of hydrogen-bond acceptors (Lipinski definition) is 13. The van der Waals surface area contributed by atoms with Crippen LogP contribution in [0.25, 0.3) is 22.0 Å². The van der Waals surface area contributed by atoms with E-state index in [-0.39, 0.29) is 59.2 Å². The van der Waals surface area contributed by atoms with Gasteiger partial charge in [0.05, 0.1) is 55.8 Å². The van der Waals surface area contributed by atoms with Gasteiger partial charge in [0.1, 0.15) is 36.1 Å². The number of piperidine rings is 1. The SMILES string of the molecule is CC(=O)N1CCN(c2ncnc3c(F)c(-c4ccccc4OCCOCCOCCOCCNc4cccc5c4C(=O)N(C4CCC(=O)NC4=O)C5=O)c(Cl)cc23)CC1. The van der Waals surface area contributed by atoms with Gasteiger partial charge < -0.3 is 34.1 Å². The number of anilines is 2. The molecule has 1 unspecified atom stereocenters. The summed E-state index contributed by atoms with van der Waals surface area (Å²) in [5.41, 5.74) is 1.61. The first-order chi connectivity index (χ1) is 28.6. The molecule has 3 aliphatic rings. The summed E-state index contributed by atoms with van der Waals surface area (Å²) in [6, 6.07) is 12.5. The molecular formula is C41H43ClFN7O9. The number of carbonyl (C=O) groups excluding carboxylic acids is 5. The number of piperazine rings is 1. The fraction of sp³-hybridized carbons (Fsp3) is 0.390. The van der Waals surface area contributed by atoms with Crippen molar-refractivity contribution in [1.29, 1.82) is 0 Å². The minimum absolute atomic E-state index is 0.0134. The van der Waals surface area contributed by atoms with E-state index in [1.54, 1.807) is 54.3 Å². The molecular weight excluding hydrogens is 789 g/mol. The lowest BCUT2D eigenvalue weighted by Crippen LogP contribution is -2.54. The number of amides is 5. The number of ether oxygens (including phenoxy) is 4. The average Bonchev–Trinajstić information content (AvgIpc) is 3.48.